The Hall–Kier alpha value is -2.35. The molecule has 0 aliphatic carbocycles. The van der Waals surface area contributed by atoms with Gasteiger partial charge in [0.05, 0.1) is 5.69 Å². The smallest absolute Gasteiger partial charge is 0.245 e. The number of anilines is 1. The molecule has 190 valence electrons. The summed E-state index contributed by atoms with van der Waals surface area (Å²) in [5, 5.41) is 3.69. The molecule has 2 atom stereocenters. The summed E-state index contributed by atoms with van der Waals surface area (Å²) in [7, 11) is 0. The Bertz CT molecular complexity index is 1060. The van der Waals surface area contributed by atoms with Crippen molar-refractivity contribution in [2.45, 2.75) is 45.7 Å². The fourth-order valence-corrected chi connectivity index (χ4v) is 5.01. The van der Waals surface area contributed by atoms with Gasteiger partial charge in [-0.3, -0.25) is 9.59 Å². The summed E-state index contributed by atoms with van der Waals surface area (Å²) in [6.45, 7) is 7.28. The van der Waals surface area contributed by atoms with E-state index in [2.05, 4.69) is 19.2 Å². The molecule has 0 aromatic heterocycles. The number of halogens is 3. The van der Waals surface area contributed by atoms with E-state index in [1.165, 1.54) is 13.0 Å². The molecule has 1 fully saturated rings. The molecule has 0 bridgehead atoms. The predicted molar refractivity (Wildman–Crippen MR) is 139 cm³/mol. The van der Waals surface area contributed by atoms with Crippen molar-refractivity contribution in [2.24, 2.45) is 11.7 Å². The number of nitrogens with zero attached hydrogens (tertiary/aromatic N) is 2. The lowest BCUT2D eigenvalue weighted by Crippen LogP contribution is -2.55. The number of benzene rings is 2. The van der Waals surface area contributed by atoms with Gasteiger partial charge < -0.3 is 20.9 Å². The molecule has 1 aliphatic heterocycles. The maximum atomic E-state index is 14.9. The van der Waals surface area contributed by atoms with Crippen LogP contribution in [0.25, 0.3) is 0 Å². The molecule has 1 aliphatic rings. The Morgan fingerprint density at radius 1 is 1.11 bits per heavy atom. The van der Waals surface area contributed by atoms with Gasteiger partial charge in [0.15, 0.2) is 0 Å². The van der Waals surface area contributed by atoms with Gasteiger partial charge in [-0.2, -0.15) is 0 Å². The summed E-state index contributed by atoms with van der Waals surface area (Å²) in [5.41, 5.74) is 8.43. The van der Waals surface area contributed by atoms with E-state index in [1.807, 2.05) is 11.0 Å². The first-order chi connectivity index (χ1) is 16.6. The van der Waals surface area contributed by atoms with Crippen LogP contribution in [0.15, 0.2) is 36.4 Å². The zero-order valence-corrected chi connectivity index (χ0v) is 21.9. The Labute approximate surface area is 216 Å². The Morgan fingerprint density at radius 3 is 2.40 bits per heavy atom. The lowest BCUT2D eigenvalue weighted by Gasteiger charge is -2.39. The fraction of sp³-hybridized carbons (Fsp3) is 0.462. The van der Waals surface area contributed by atoms with Crippen molar-refractivity contribution in [3.05, 3.63) is 63.4 Å². The van der Waals surface area contributed by atoms with Gasteiger partial charge in [-0.05, 0) is 41.7 Å². The van der Waals surface area contributed by atoms with E-state index in [0.717, 1.165) is 17.5 Å². The van der Waals surface area contributed by atoms with Crippen LogP contribution in [0.3, 0.4) is 0 Å². The van der Waals surface area contributed by atoms with E-state index in [9.17, 15) is 14.0 Å². The summed E-state index contributed by atoms with van der Waals surface area (Å²) >= 11 is 12.3. The molecule has 0 unspecified atom stereocenters. The van der Waals surface area contributed by atoms with E-state index in [-0.39, 0.29) is 30.1 Å². The minimum Gasteiger partial charge on any atom is -0.365 e. The largest absolute Gasteiger partial charge is 0.365 e. The highest BCUT2D eigenvalue weighted by Gasteiger charge is 2.30. The van der Waals surface area contributed by atoms with Gasteiger partial charge in [-0.1, -0.05) is 55.2 Å². The molecule has 9 heteroatoms. The standard InChI is InChI=1S/C26H33Cl2FN4O2/c1-16(2)13-23(30)20-5-4-6-22(29)25(20)32-9-11-33(12-10-32)26(35)24(31-17(3)34)14-18-7-8-19(27)15-21(18)28/h4-8,15-16,23-24H,9-14,30H2,1-3H3,(H,31,34)/t23-,24+/m0/s1. The Kier molecular flexibility index (Phi) is 9.39. The van der Waals surface area contributed by atoms with Crippen LogP contribution in [0, 0.1) is 11.7 Å². The number of piperazine rings is 1. The first kappa shape index (κ1) is 27.2. The first-order valence-electron chi connectivity index (χ1n) is 11.9. The van der Waals surface area contributed by atoms with Gasteiger partial charge in [0, 0.05) is 55.6 Å². The van der Waals surface area contributed by atoms with Crippen molar-refractivity contribution < 1.29 is 14.0 Å². The molecule has 1 heterocycles. The quantitative estimate of drug-likeness (QED) is 0.531. The molecular formula is C26H33Cl2FN4O2. The summed E-state index contributed by atoms with van der Waals surface area (Å²) in [6.07, 6.45) is 0.997. The lowest BCUT2D eigenvalue weighted by molar-refractivity contribution is -0.136. The maximum absolute atomic E-state index is 14.9. The number of carbonyl (C=O) groups excluding carboxylic acids is 2. The van der Waals surface area contributed by atoms with Crippen LogP contribution < -0.4 is 16.0 Å². The number of hydrogen-bond donors (Lipinski definition) is 2. The topological polar surface area (TPSA) is 78.7 Å². The zero-order valence-electron chi connectivity index (χ0n) is 20.4. The number of amides is 2. The van der Waals surface area contributed by atoms with E-state index < -0.39 is 6.04 Å². The van der Waals surface area contributed by atoms with Gasteiger partial charge in [-0.25, -0.2) is 4.39 Å². The highest BCUT2D eigenvalue weighted by Crippen LogP contribution is 2.32. The SMILES string of the molecule is CC(=O)N[C@H](Cc1ccc(Cl)cc1Cl)C(=O)N1CCN(c2c(F)cccc2[C@@H](N)CC(C)C)CC1. The molecule has 1 saturated heterocycles. The fourth-order valence-electron chi connectivity index (χ4n) is 4.52. The average Bonchev–Trinajstić information content (AvgIpc) is 2.79. The van der Waals surface area contributed by atoms with Crippen molar-refractivity contribution in [2.75, 3.05) is 31.1 Å². The minimum absolute atomic E-state index is 0.198. The second kappa shape index (κ2) is 12.1. The van der Waals surface area contributed by atoms with Gasteiger partial charge >= 0.3 is 0 Å². The number of hydrogen-bond acceptors (Lipinski definition) is 4. The Morgan fingerprint density at radius 2 is 1.80 bits per heavy atom. The molecule has 2 amide bonds. The summed E-state index contributed by atoms with van der Waals surface area (Å²) in [6, 6.07) is 9.05. The van der Waals surface area contributed by atoms with Gasteiger partial charge in [-0.15, -0.1) is 0 Å². The molecule has 0 spiro atoms. The van der Waals surface area contributed by atoms with Crippen LogP contribution in [0.2, 0.25) is 10.0 Å². The molecule has 2 aromatic carbocycles. The molecule has 3 rings (SSSR count). The number of rotatable bonds is 8. The predicted octanol–water partition coefficient (Wildman–Crippen LogP) is 4.57. The van der Waals surface area contributed by atoms with E-state index in [4.69, 9.17) is 28.9 Å². The lowest BCUT2D eigenvalue weighted by atomic mass is 9.95. The molecule has 3 N–H and O–H groups in total. The zero-order chi connectivity index (χ0) is 25.7. The summed E-state index contributed by atoms with van der Waals surface area (Å²) in [5.74, 6) is -0.427. The van der Waals surface area contributed by atoms with Crippen molar-refractivity contribution in [3.8, 4) is 0 Å². The molecule has 0 radical (unpaired) electrons. The van der Waals surface area contributed by atoms with Crippen LogP contribution in [-0.2, 0) is 16.0 Å². The second-order valence-corrected chi connectivity index (χ2v) is 10.3. The van der Waals surface area contributed by atoms with Crippen LogP contribution >= 0.6 is 23.2 Å². The molecule has 35 heavy (non-hydrogen) atoms. The Balaban J connectivity index is 1.73. The van der Waals surface area contributed by atoms with Gasteiger partial charge in [0.25, 0.3) is 0 Å². The second-order valence-electron chi connectivity index (χ2n) is 9.42. The van der Waals surface area contributed by atoms with Gasteiger partial charge in [0.1, 0.15) is 11.9 Å². The van der Waals surface area contributed by atoms with E-state index >= 15 is 0 Å². The molecule has 6 nitrogen and oxygen atoms in total. The average molecular weight is 523 g/mol. The van der Waals surface area contributed by atoms with Crippen molar-refractivity contribution >= 4 is 40.7 Å². The third kappa shape index (κ3) is 7.09. The third-order valence-electron chi connectivity index (χ3n) is 6.17. The normalized spacial score (nSPS) is 15.8. The maximum Gasteiger partial charge on any atom is 0.245 e. The van der Waals surface area contributed by atoms with Crippen LogP contribution in [0.1, 0.15) is 44.4 Å². The molecule has 2 aromatic rings. The number of carbonyl (C=O) groups is 2. The summed E-state index contributed by atoms with van der Waals surface area (Å²) in [4.78, 5) is 28.8. The highest BCUT2D eigenvalue weighted by molar-refractivity contribution is 6.35. The summed E-state index contributed by atoms with van der Waals surface area (Å²) < 4.78 is 14.9. The number of para-hydroxylation sites is 1. The highest BCUT2D eigenvalue weighted by atomic mass is 35.5. The van der Waals surface area contributed by atoms with Crippen LogP contribution in [0.5, 0.6) is 0 Å². The van der Waals surface area contributed by atoms with Crippen LogP contribution in [-0.4, -0.2) is 48.9 Å². The first-order valence-corrected chi connectivity index (χ1v) is 12.6. The van der Waals surface area contributed by atoms with Crippen molar-refractivity contribution in [3.63, 3.8) is 0 Å². The monoisotopic (exact) mass is 522 g/mol. The number of nitrogens with two attached hydrogens (primary N) is 1. The molecular weight excluding hydrogens is 490 g/mol. The van der Waals surface area contributed by atoms with E-state index in [1.54, 1.807) is 29.2 Å². The molecule has 0 saturated carbocycles. The van der Waals surface area contributed by atoms with Crippen LogP contribution in [0.4, 0.5) is 10.1 Å². The van der Waals surface area contributed by atoms with Crippen molar-refractivity contribution in [1.29, 1.82) is 0 Å². The van der Waals surface area contributed by atoms with Crippen molar-refractivity contribution in [1.82, 2.24) is 10.2 Å². The third-order valence-corrected chi connectivity index (χ3v) is 6.75. The number of nitrogens with one attached hydrogen (secondary N) is 1. The van der Waals surface area contributed by atoms with E-state index in [0.29, 0.717) is 47.8 Å². The van der Waals surface area contributed by atoms with Gasteiger partial charge in [0.2, 0.25) is 11.8 Å². The minimum atomic E-state index is -0.763.